The van der Waals surface area contributed by atoms with Crippen molar-refractivity contribution in [1.29, 1.82) is 0 Å². The number of nitrogens with one attached hydrogen (secondary N) is 1. The van der Waals surface area contributed by atoms with Crippen molar-refractivity contribution in [2.24, 2.45) is 11.8 Å². The van der Waals surface area contributed by atoms with Crippen LogP contribution < -0.4 is 10.1 Å². The van der Waals surface area contributed by atoms with E-state index in [1.807, 2.05) is 50.1 Å². The van der Waals surface area contributed by atoms with E-state index in [9.17, 15) is 9.59 Å². The SMILES string of the molecule is Cc1cccc(-c2sc(C)nc2C(=O)N2C[C@@H]3C[C@@H]3[C@H]2CNC(=O)Oc2cnc3sc(C)cn23)c1. The summed E-state index contributed by atoms with van der Waals surface area (Å²) in [5.74, 6) is 1.21. The molecule has 2 aliphatic rings. The fourth-order valence-electron chi connectivity index (χ4n) is 5.03. The predicted octanol–water partition coefficient (Wildman–Crippen LogP) is 4.69. The fourth-order valence-corrected chi connectivity index (χ4v) is 6.73. The van der Waals surface area contributed by atoms with E-state index in [1.54, 1.807) is 21.9 Å². The second-order valence-electron chi connectivity index (χ2n) is 9.33. The highest BCUT2D eigenvalue weighted by molar-refractivity contribution is 7.17. The standard InChI is InChI=1S/C25H25N5O3S2/c1-13-5-4-6-16(7-13)22-21(28-15(3)35-22)23(31)29-12-17-8-18(17)19(29)9-27-25(32)33-20-10-26-24-30(20)11-14(2)34-24/h4-7,10-11,17-19H,8-9,12H2,1-3H3,(H,27,32)/t17-,18-,19+/m0/s1. The van der Waals surface area contributed by atoms with Crippen LogP contribution in [0.3, 0.4) is 0 Å². The predicted molar refractivity (Wildman–Crippen MR) is 135 cm³/mol. The Labute approximate surface area is 210 Å². The highest BCUT2D eigenvalue weighted by Gasteiger charge is 2.54. The molecule has 3 atom stereocenters. The summed E-state index contributed by atoms with van der Waals surface area (Å²) < 4.78 is 7.27. The number of piperidine rings is 1. The van der Waals surface area contributed by atoms with Gasteiger partial charge in [-0.15, -0.1) is 22.7 Å². The van der Waals surface area contributed by atoms with Crippen LogP contribution in [0, 0.1) is 32.6 Å². The van der Waals surface area contributed by atoms with Gasteiger partial charge in [0.1, 0.15) is 5.69 Å². The lowest BCUT2D eigenvalue weighted by Crippen LogP contribution is -2.46. The van der Waals surface area contributed by atoms with Gasteiger partial charge in [-0.25, -0.2) is 14.8 Å². The monoisotopic (exact) mass is 507 g/mol. The number of ether oxygens (including phenoxy) is 1. The Morgan fingerprint density at radius 1 is 1.23 bits per heavy atom. The molecule has 1 aliphatic heterocycles. The van der Waals surface area contributed by atoms with Gasteiger partial charge in [0.05, 0.1) is 22.1 Å². The van der Waals surface area contributed by atoms with Crippen LogP contribution in [0.25, 0.3) is 15.4 Å². The third kappa shape index (κ3) is 4.10. The number of carbonyl (C=O) groups is 2. The summed E-state index contributed by atoms with van der Waals surface area (Å²) >= 11 is 3.08. The van der Waals surface area contributed by atoms with Crippen molar-refractivity contribution in [2.45, 2.75) is 33.2 Å². The zero-order chi connectivity index (χ0) is 24.3. The van der Waals surface area contributed by atoms with Crippen LogP contribution in [0.15, 0.2) is 36.7 Å². The van der Waals surface area contributed by atoms with Gasteiger partial charge in [-0.05, 0) is 44.6 Å². The lowest BCUT2D eigenvalue weighted by molar-refractivity contribution is 0.0700. The number of fused-ring (bicyclic) bond motifs is 2. The molecular weight excluding hydrogens is 482 g/mol. The quantitative estimate of drug-likeness (QED) is 0.423. The van der Waals surface area contributed by atoms with Gasteiger partial charge in [0.2, 0.25) is 5.88 Å². The highest BCUT2D eigenvalue weighted by Crippen LogP contribution is 2.50. The minimum Gasteiger partial charge on any atom is -0.391 e. The molecule has 1 saturated heterocycles. The number of imidazole rings is 1. The zero-order valence-corrected chi connectivity index (χ0v) is 21.3. The molecule has 4 aromatic rings. The first-order chi connectivity index (χ1) is 16.9. The number of aromatic nitrogens is 3. The molecule has 0 bridgehead atoms. The molecular formula is C25H25N5O3S2. The molecule has 0 radical (unpaired) electrons. The van der Waals surface area contributed by atoms with Crippen LogP contribution in [0.1, 0.15) is 32.4 Å². The van der Waals surface area contributed by atoms with Crippen LogP contribution in [0.2, 0.25) is 0 Å². The summed E-state index contributed by atoms with van der Waals surface area (Å²) in [7, 11) is 0. The Balaban J connectivity index is 1.17. The van der Waals surface area contributed by atoms with Crippen molar-refractivity contribution in [1.82, 2.24) is 24.6 Å². The van der Waals surface area contributed by atoms with Crippen LogP contribution >= 0.6 is 22.7 Å². The number of nitrogens with zero attached hydrogens (tertiary/aromatic N) is 4. The number of rotatable bonds is 5. The highest BCUT2D eigenvalue weighted by atomic mass is 32.1. The number of hydrogen-bond acceptors (Lipinski definition) is 7. The summed E-state index contributed by atoms with van der Waals surface area (Å²) in [4.78, 5) is 39.8. The van der Waals surface area contributed by atoms with E-state index in [-0.39, 0.29) is 11.9 Å². The number of benzene rings is 1. The van der Waals surface area contributed by atoms with Gasteiger partial charge in [-0.1, -0.05) is 29.8 Å². The number of carbonyl (C=O) groups excluding carboxylic acids is 2. The Morgan fingerprint density at radius 2 is 2.09 bits per heavy atom. The molecule has 35 heavy (non-hydrogen) atoms. The van der Waals surface area contributed by atoms with Crippen LogP contribution in [0.4, 0.5) is 4.79 Å². The first kappa shape index (κ1) is 22.2. The average Bonchev–Trinajstić information content (AvgIpc) is 3.12. The Morgan fingerprint density at radius 3 is 2.91 bits per heavy atom. The largest absolute Gasteiger partial charge is 0.414 e. The molecule has 2 fully saturated rings. The van der Waals surface area contributed by atoms with E-state index in [2.05, 4.69) is 21.4 Å². The summed E-state index contributed by atoms with van der Waals surface area (Å²) in [5.41, 5.74) is 2.65. The van der Waals surface area contributed by atoms with Crippen molar-refractivity contribution >= 4 is 39.6 Å². The maximum absolute atomic E-state index is 13.7. The first-order valence-corrected chi connectivity index (χ1v) is 13.3. The van der Waals surface area contributed by atoms with Gasteiger partial charge in [0.15, 0.2) is 4.96 Å². The summed E-state index contributed by atoms with van der Waals surface area (Å²) in [6, 6.07) is 8.09. The molecule has 1 aromatic carbocycles. The molecule has 0 unspecified atom stereocenters. The molecule has 3 aromatic heterocycles. The maximum atomic E-state index is 13.7. The topological polar surface area (TPSA) is 88.8 Å². The van der Waals surface area contributed by atoms with Gasteiger partial charge in [-0.3, -0.25) is 9.20 Å². The Hall–Kier alpha value is -3.24. The smallest absolute Gasteiger partial charge is 0.391 e. The summed E-state index contributed by atoms with van der Waals surface area (Å²) in [6.45, 7) is 7.00. The van der Waals surface area contributed by atoms with Crippen molar-refractivity contribution in [2.75, 3.05) is 13.1 Å². The van der Waals surface area contributed by atoms with E-state index in [1.165, 1.54) is 11.3 Å². The number of thiazole rings is 2. The fraction of sp³-hybridized carbons (Fsp3) is 0.360. The molecule has 10 heteroatoms. The minimum atomic E-state index is -0.544. The van der Waals surface area contributed by atoms with Gasteiger partial charge in [0, 0.05) is 24.2 Å². The van der Waals surface area contributed by atoms with Crippen LogP contribution in [0.5, 0.6) is 5.88 Å². The number of hydrogen-bond donors (Lipinski definition) is 1. The van der Waals surface area contributed by atoms with Crippen molar-refractivity contribution in [3.05, 3.63) is 57.8 Å². The zero-order valence-electron chi connectivity index (χ0n) is 19.6. The van der Waals surface area contributed by atoms with Gasteiger partial charge >= 0.3 is 6.09 Å². The Kier molecular flexibility index (Phi) is 5.37. The molecule has 4 heterocycles. The molecule has 8 nitrogen and oxygen atoms in total. The van der Waals surface area contributed by atoms with E-state index < -0.39 is 6.09 Å². The van der Waals surface area contributed by atoms with Gasteiger partial charge < -0.3 is 15.0 Å². The second-order valence-corrected chi connectivity index (χ2v) is 11.7. The normalized spacial score (nSPS) is 20.8. The maximum Gasteiger partial charge on any atom is 0.414 e. The van der Waals surface area contributed by atoms with Crippen LogP contribution in [-0.4, -0.2) is 50.4 Å². The van der Waals surface area contributed by atoms with Gasteiger partial charge in [-0.2, -0.15) is 0 Å². The molecule has 1 saturated carbocycles. The third-order valence-corrected chi connectivity index (χ3v) is 8.66. The Bertz CT molecular complexity index is 1450. The van der Waals surface area contributed by atoms with Crippen molar-refractivity contribution in [3.8, 4) is 16.3 Å². The molecule has 1 aliphatic carbocycles. The van der Waals surface area contributed by atoms with Crippen molar-refractivity contribution in [3.63, 3.8) is 0 Å². The second kappa shape index (κ2) is 8.46. The average molecular weight is 508 g/mol. The molecule has 0 spiro atoms. The van der Waals surface area contributed by atoms with Crippen LogP contribution in [-0.2, 0) is 0 Å². The molecule has 2 amide bonds. The number of amides is 2. The van der Waals surface area contributed by atoms with E-state index in [0.29, 0.717) is 36.5 Å². The third-order valence-electron chi connectivity index (χ3n) is 6.73. The minimum absolute atomic E-state index is 0.0653. The lowest BCUT2D eigenvalue weighted by atomic mass is 10.1. The molecule has 180 valence electrons. The van der Waals surface area contributed by atoms with Gasteiger partial charge in [0.25, 0.3) is 5.91 Å². The van der Waals surface area contributed by atoms with Crippen molar-refractivity contribution < 1.29 is 14.3 Å². The van der Waals surface area contributed by atoms with E-state index in [0.717, 1.165) is 37.3 Å². The summed E-state index contributed by atoms with van der Waals surface area (Å²) in [5, 5.41) is 3.74. The number of likely N-dealkylation sites (tertiary alicyclic amines) is 1. The first-order valence-electron chi connectivity index (χ1n) is 11.6. The molecule has 6 rings (SSSR count). The molecule has 1 N–H and O–H groups in total. The summed E-state index contributed by atoms with van der Waals surface area (Å²) in [6.07, 6.45) is 3.98. The lowest BCUT2D eigenvalue weighted by Gasteiger charge is -2.27. The van der Waals surface area contributed by atoms with E-state index in [4.69, 9.17) is 4.74 Å². The number of aryl methyl sites for hydroxylation is 3. The van der Waals surface area contributed by atoms with E-state index >= 15 is 0 Å².